The Bertz CT molecular complexity index is 435. The maximum atomic E-state index is 11.5. The molecule has 1 aromatic carbocycles. The van der Waals surface area contributed by atoms with Crippen LogP contribution in [0.25, 0.3) is 0 Å². The van der Waals surface area contributed by atoms with Gasteiger partial charge in [0.2, 0.25) is 5.91 Å². The molecule has 0 heterocycles. The Morgan fingerprint density at radius 2 is 2.24 bits per heavy atom. The molecule has 0 bridgehead atoms. The van der Waals surface area contributed by atoms with Gasteiger partial charge in [0.1, 0.15) is 6.04 Å². The standard InChI is InChI=1S/C13H17N3O/c1-10-5-4-6-11(7-10)15-12(9-14)8-13(17)16(2)3/h4-7,12,15H,8H2,1-3H3. The summed E-state index contributed by atoms with van der Waals surface area (Å²) >= 11 is 0. The molecule has 1 amide bonds. The van der Waals surface area contributed by atoms with E-state index in [9.17, 15) is 4.79 Å². The molecule has 0 radical (unpaired) electrons. The van der Waals surface area contributed by atoms with Crippen molar-refractivity contribution in [2.45, 2.75) is 19.4 Å². The average Bonchev–Trinajstić information content (AvgIpc) is 2.27. The van der Waals surface area contributed by atoms with Crippen LogP contribution in [-0.4, -0.2) is 30.9 Å². The van der Waals surface area contributed by atoms with Crippen molar-refractivity contribution < 1.29 is 4.79 Å². The first-order chi connectivity index (χ1) is 8.02. The summed E-state index contributed by atoms with van der Waals surface area (Å²) in [7, 11) is 3.37. The lowest BCUT2D eigenvalue weighted by Crippen LogP contribution is -2.29. The number of nitrogens with one attached hydrogen (secondary N) is 1. The van der Waals surface area contributed by atoms with Crippen LogP contribution in [0.15, 0.2) is 24.3 Å². The van der Waals surface area contributed by atoms with Gasteiger partial charge in [-0.3, -0.25) is 4.79 Å². The van der Waals surface area contributed by atoms with Crippen LogP contribution in [-0.2, 0) is 4.79 Å². The van der Waals surface area contributed by atoms with Crippen LogP contribution in [0, 0.1) is 18.3 Å². The van der Waals surface area contributed by atoms with Gasteiger partial charge in [-0.2, -0.15) is 5.26 Å². The van der Waals surface area contributed by atoms with Crippen LogP contribution in [0.4, 0.5) is 5.69 Å². The van der Waals surface area contributed by atoms with Gasteiger partial charge >= 0.3 is 0 Å². The number of anilines is 1. The van der Waals surface area contributed by atoms with Crippen LogP contribution in [0.3, 0.4) is 0 Å². The first-order valence-corrected chi connectivity index (χ1v) is 5.46. The summed E-state index contributed by atoms with van der Waals surface area (Å²) in [6.07, 6.45) is 0.178. The summed E-state index contributed by atoms with van der Waals surface area (Å²) in [5.74, 6) is -0.0586. The topological polar surface area (TPSA) is 56.1 Å². The summed E-state index contributed by atoms with van der Waals surface area (Å²) in [5, 5.41) is 12.1. The molecule has 0 aromatic heterocycles. The fourth-order valence-electron chi connectivity index (χ4n) is 1.42. The minimum absolute atomic E-state index is 0.0586. The number of benzene rings is 1. The second-order valence-electron chi connectivity index (χ2n) is 4.19. The predicted octanol–water partition coefficient (Wildman–Crippen LogP) is 1.78. The third-order valence-electron chi connectivity index (χ3n) is 2.39. The van der Waals surface area contributed by atoms with Crippen molar-refractivity contribution in [1.29, 1.82) is 5.26 Å². The molecule has 0 aliphatic rings. The van der Waals surface area contributed by atoms with Gasteiger partial charge in [-0.1, -0.05) is 12.1 Å². The van der Waals surface area contributed by atoms with Crippen molar-refractivity contribution in [3.05, 3.63) is 29.8 Å². The molecule has 0 aliphatic heterocycles. The third kappa shape index (κ3) is 4.15. The van der Waals surface area contributed by atoms with Gasteiger partial charge in [0, 0.05) is 19.8 Å². The molecule has 1 atom stereocenters. The first-order valence-electron chi connectivity index (χ1n) is 5.46. The van der Waals surface area contributed by atoms with E-state index in [0.29, 0.717) is 0 Å². The number of rotatable bonds is 4. The van der Waals surface area contributed by atoms with Gasteiger partial charge in [0.25, 0.3) is 0 Å². The van der Waals surface area contributed by atoms with Crippen LogP contribution in [0.1, 0.15) is 12.0 Å². The number of nitrogens with zero attached hydrogens (tertiary/aromatic N) is 2. The number of hydrogen-bond donors (Lipinski definition) is 1. The molecule has 1 N–H and O–H groups in total. The Labute approximate surface area is 102 Å². The highest BCUT2D eigenvalue weighted by molar-refractivity contribution is 5.77. The van der Waals surface area contributed by atoms with Crippen LogP contribution in [0.2, 0.25) is 0 Å². The summed E-state index contributed by atoms with van der Waals surface area (Å²) in [4.78, 5) is 13.0. The Morgan fingerprint density at radius 3 is 2.76 bits per heavy atom. The van der Waals surface area contributed by atoms with E-state index in [1.54, 1.807) is 14.1 Å². The molecule has 1 rings (SSSR count). The molecular weight excluding hydrogens is 214 g/mol. The zero-order valence-electron chi connectivity index (χ0n) is 10.4. The van der Waals surface area contributed by atoms with Gasteiger partial charge in [-0.15, -0.1) is 0 Å². The first kappa shape index (κ1) is 13.0. The van der Waals surface area contributed by atoms with Crippen molar-refractivity contribution in [2.24, 2.45) is 0 Å². The lowest BCUT2D eigenvalue weighted by molar-refractivity contribution is -0.128. The number of hydrogen-bond acceptors (Lipinski definition) is 3. The molecule has 0 fully saturated rings. The molecule has 90 valence electrons. The number of carbonyl (C=O) groups is 1. The van der Waals surface area contributed by atoms with E-state index >= 15 is 0 Å². The van der Waals surface area contributed by atoms with Crippen molar-refractivity contribution >= 4 is 11.6 Å². The monoisotopic (exact) mass is 231 g/mol. The number of nitriles is 1. The fourth-order valence-corrected chi connectivity index (χ4v) is 1.42. The predicted molar refractivity (Wildman–Crippen MR) is 67.5 cm³/mol. The molecule has 0 saturated heterocycles. The number of aryl methyl sites for hydroxylation is 1. The normalized spacial score (nSPS) is 11.4. The van der Waals surface area contributed by atoms with Gasteiger partial charge in [0.05, 0.1) is 12.5 Å². The maximum absolute atomic E-state index is 11.5. The largest absolute Gasteiger partial charge is 0.369 e. The molecule has 4 heteroatoms. The molecule has 0 aliphatic carbocycles. The highest BCUT2D eigenvalue weighted by Gasteiger charge is 2.14. The Kier molecular flexibility index (Phi) is 4.53. The van der Waals surface area contributed by atoms with E-state index in [-0.39, 0.29) is 12.3 Å². The number of carbonyl (C=O) groups excluding carboxylic acids is 1. The van der Waals surface area contributed by atoms with E-state index in [0.717, 1.165) is 11.3 Å². The SMILES string of the molecule is Cc1cccc(NC(C#N)CC(=O)N(C)C)c1. The zero-order chi connectivity index (χ0) is 12.8. The maximum Gasteiger partial charge on any atom is 0.225 e. The van der Waals surface area contributed by atoms with E-state index in [2.05, 4.69) is 11.4 Å². The van der Waals surface area contributed by atoms with Gasteiger partial charge in [-0.25, -0.2) is 0 Å². The minimum Gasteiger partial charge on any atom is -0.369 e. The summed E-state index contributed by atoms with van der Waals surface area (Å²) in [6, 6.07) is 9.34. The fraction of sp³-hybridized carbons (Fsp3) is 0.385. The summed E-state index contributed by atoms with van der Waals surface area (Å²) < 4.78 is 0. The van der Waals surface area contributed by atoms with Crippen LogP contribution < -0.4 is 5.32 Å². The van der Waals surface area contributed by atoms with Crippen LogP contribution >= 0.6 is 0 Å². The second kappa shape index (κ2) is 5.90. The smallest absolute Gasteiger partial charge is 0.225 e. The van der Waals surface area contributed by atoms with E-state index < -0.39 is 6.04 Å². The lowest BCUT2D eigenvalue weighted by atomic mass is 10.1. The van der Waals surface area contributed by atoms with Gasteiger partial charge < -0.3 is 10.2 Å². The molecule has 4 nitrogen and oxygen atoms in total. The van der Waals surface area contributed by atoms with Gasteiger partial charge in [-0.05, 0) is 24.6 Å². The highest BCUT2D eigenvalue weighted by atomic mass is 16.2. The molecular formula is C13H17N3O. The summed E-state index contributed by atoms with van der Waals surface area (Å²) in [5.41, 5.74) is 1.98. The van der Waals surface area contributed by atoms with E-state index in [4.69, 9.17) is 5.26 Å². The molecule has 1 aromatic rings. The molecule has 0 saturated carbocycles. The molecule has 1 unspecified atom stereocenters. The quantitative estimate of drug-likeness (QED) is 0.859. The minimum atomic E-state index is -0.494. The van der Waals surface area contributed by atoms with Crippen molar-refractivity contribution in [3.8, 4) is 6.07 Å². The van der Waals surface area contributed by atoms with Crippen molar-refractivity contribution in [1.82, 2.24) is 4.90 Å². The van der Waals surface area contributed by atoms with Gasteiger partial charge in [0.15, 0.2) is 0 Å². The van der Waals surface area contributed by atoms with Crippen molar-refractivity contribution in [2.75, 3.05) is 19.4 Å². The highest BCUT2D eigenvalue weighted by Crippen LogP contribution is 2.12. The van der Waals surface area contributed by atoms with E-state index in [1.165, 1.54) is 4.90 Å². The average molecular weight is 231 g/mol. The van der Waals surface area contributed by atoms with Crippen molar-refractivity contribution in [3.63, 3.8) is 0 Å². The Hall–Kier alpha value is -2.02. The third-order valence-corrected chi connectivity index (χ3v) is 2.39. The lowest BCUT2D eigenvalue weighted by Gasteiger charge is -2.15. The molecule has 17 heavy (non-hydrogen) atoms. The Morgan fingerprint density at radius 1 is 1.53 bits per heavy atom. The summed E-state index contributed by atoms with van der Waals surface area (Å²) in [6.45, 7) is 1.98. The second-order valence-corrected chi connectivity index (χ2v) is 4.19. The number of amides is 1. The Balaban J connectivity index is 2.65. The zero-order valence-corrected chi connectivity index (χ0v) is 10.4. The van der Waals surface area contributed by atoms with Crippen LogP contribution in [0.5, 0.6) is 0 Å². The molecule has 0 spiro atoms. The van der Waals surface area contributed by atoms with E-state index in [1.807, 2.05) is 31.2 Å².